The quantitative estimate of drug-likeness (QED) is 0.853. The summed E-state index contributed by atoms with van der Waals surface area (Å²) in [6.45, 7) is 4.53. The van der Waals surface area contributed by atoms with Gasteiger partial charge in [0.05, 0.1) is 12.0 Å². The summed E-state index contributed by atoms with van der Waals surface area (Å²) < 4.78 is 13.0. The summed E-state index contributed by atoms with van der Waals surface area (Å²) in [5, 5.41) is 4.22. The first-order chi connectivity index (χ1) is 12.2. The van der Waals surface area contributed by atoms with Crippen molar-refractivity contribution in [2.24, 2.45) is 0 Å². The summed E-state index contributed by atoms with van der Waals surface area (Å²) in [6, 6.07) is 5.97. The molecule has 2 aromatic rings. The Hall–Kier alpha value is -2.57. The molecule has 1 fully saturated rings. The van der Waals surface area contributed by atoms with Crippen molar-refractivity contribution >= 4 is 5.91 Å². The Kier molecular flexibility index (Phi) is 4.29. The number of benzene rings is 1. The molecule has 4 rings (SSSR count). The van der Waals surface area contributed by atoms with E-state index < -0.39 is 0 Å². The molecule has 2 unspecified atom stereocenters. The molecule has 0 aliphatic carbocycles. The van der Waals surface area contributed by atoms with E-state index in [1.807, 2.05) is 34.7 Å². The van der Waals surface area contributed by atoms with Crippen molar-refractivity contribution in [3.63, 3.8) is 0 Å². The largest absolute Gasteiger partial charge is 0.486 e. The Morgan fingerprint density at radius 1 is 1.28 bits per heavy atom. The number of piperidine rings is 1. The lowest BCUT2D eigenvalue weighted by atomic mass is 9.97. The molecule has 1 saturated heterocycles. The molecular weight excluding hydrogens is 320 g/mol. The highest BCUT2D eigenvalue weighted by Crippen LogP contribution is 2.34. The molecule has 7 nitrogen and oxygen atoms in total. The van der Waals surface area contributed by atoms with Crippen LogP contribution in [0.3, 0.4) is 0 Å². The van der Waals surface area contributed by atoms with Gasteiger partial charge in [-0.3, -0.25) is 4.79 Å². The number of hydrogen-bond acceptors (Lipinski definition) is 5. The summed E-state index contributed by atoms with van der Waals surface area (Å²) in [5.74, 6) is 1.40. The van der Waals surface area contributed by atoms with E-state index in [0.29, 0.717) is 19.8 Å². The van der Waals surface area contributed by atoms with Crippen LogP contribution in [-0.2, 0) is 4.79 Å². The molecule has 132 valence electrons. The molecule has 3 heterocycles. The number of aromatic nitrogens is 3. The van der Waals surface area contributed by atoms with E-state index in [9.17, 15) is 4.79 Å². The zero-order valence-corrected chi connectivity index (χ0v) is 14.3. The smallest absolute Gasteiger partial charge is 0.229 e. The van der Waals surface area contributed by atoms with Gasteiger partial charge >= 0.3 is 0 Å². The third-order valence-corrected chi connectivity index (χ3v) is 4.96. The van der Waals surface area contributed by atoms with E-state index in [2.05, 4.69) is 10.1 Å². The van der Waals surface area contributed by atoms with E-state index in [1.54, 1.807) is 12.7 Å². The number of hydrogen-bond donors (Lipinski definition) is 0. The van der Waals surface area contributed by atoms with Gasteiger partial charge in [0.15, 0.2) is 11.5 Å². The summed E-state index contributed by atoms with van der Waals surface area (Å²) in [4.78, 5) is 18.9. The van der Waals surface area contributed by atoms with E-state index in [1.165, 1.54) is 0 Å². The van der Waals surface area contributed by atoms with Crippen molar-refractivity contribution < 1.29 is 14.3 Å². The summed E-state index contributed by atoms with van der Waals surface area (Å²) in [7, 11) is 0. The fourth-order valence-corrected chi connectivity index (χ4v) is 3.52. The summed E-state index contributed by atoms with van der Waals surface area (Å²) in [5.41, 5.74) is 0.956. The molecule has 2 aliphatic rings. The van der Waals surface area contributed by atoms with Gasteiger partial charge in [0, 0.05) is 13.1 Å². The molecule has 25 heavy (non-hydrogen) atoms. The number of nitrogens with zero attached hydrogens (tertiary/aromatic N) is 4. The first kappa shape index (κ1) is 15.9. The average Bonchev–Trinajstić information content (AvgIpc) is 3.21. The highest BCUT2D eigenvalue weighted by Gasteiger charge is 2.29. The Bertz CT molecular complexity index is 747. The minimum absolute atomic E-state index is 0.140. The lowest BCUT2D eigenvalue weighted by molar-refractivity contribution is -0.134. The number of ether oxygens (including phenoxy) is 2. The van der Waals surface area contributed by atoms with Gasteiger partial charge in [0.25, 0.3) is 0 Å². The molecule has 0 spiro atoms. The van der Waals surface area contributed by atoms with E-state index >= 15 is 0 Å². The number of carbonyl (C=O) groups excluding carboxylic acids is 1. The highest BCUT2D eigenvalue weighted by molar-refractivity contribution is 5.83. The second-order valence-electron chi connectivity index (χ2n) is 6.58. The predicted octanol–water partition coefficient (Wildman–Crippen LogP) is 2.02. The molecule has 7 heteroatoms. The van der Waals surface area contributed by atoms with E-state index in [0.717, 1.165) is 36.4 Å². The normalized spacial score (nSPS) is 21.0. The van der Waals surface area contributed by atoms with Crippen LogP contribution in [0.25, 0.3) is 0 Å². The molecule has 0 saturated carbocycles. The number of fused-ring (bicyclic) bond motifs is 1. The van der Waals surface area contributed by atoms with Crippen LogP contribution in [-0.4, -0.2) is 51.9 Å². The molecule has 1 aromatic carbocycles. The van der Waals surface area contributed by atoms with Crippen LogP contribution in [0.4, 0.5) is 0 Å². The third kappa shape index (κ3) is 3.18. The molecule has 1 amide bonds. The monoisotopic (exact) mass is 342 g/mol. The SMILES string of the molecule is CC(C(=O)N1CCCC(n2cncn2)C1)c1ccc2c(c1)OCCO2. The van der Waals surface area contributed by atoms with Crippen LogP contribution in [0.1, 0.15) is 37.3 Å². The van der Waals surface area contributed by atoms with Crippen molar-refractivity contribution in [2.75, 3.05) is 26.3 Å². The molecule has 2 aliphatic heterocycles. The Balaban J connectivity index is 1.48. The molecule has 0 bridgehead atoms. The minimum Gasteiger partial charge on any atom is -0.486 e. The lowest BCUT2D eigenvalue weighted by Gasteiger charge is -2.34. The van der Waals surface area contributed by atoms with Crippen molar-refractivity contribution in [3.05, 3.63) is 36.4 Å². The molecule has 1 aromatic heterocycles. The van der Waals surface area contributed by atoms with E-state index in [4.69, 9.17) is 9.47 Å². The minimum atomic E-state index is -0.217. The van der Waals surface area contributed by atoms with Gasteiger partial charge in [-0.25, -0.2) is 9.67 Å². The van der Waals surface area contributed by atoms with Crippen molar-refractivity contribution in [1.29, 1.82) is 0 Å². The van der Waals surface area contributed by atoms with Gasteiger partial charge in [-0.2, -0.15) is 5.10 Å². The highest BCUT2D eigenvalue weighted by atomic mass is 16.6. The summed E-state index contributed by atoms with van der Waals surface area (Å²) in [6.07, 6.45) is 5.26. The maximum atomic E-state index is 13.0. The predicted molar refractivity (Wildman–Crippen MR) is 90.7 cm³/mol. The molecule has 0 N–H and O–H groups in total. The lowest BCUT2D eigenvalue weighted by Crippen LogP contribution is -2.42. The zero-order chi connectivity index (χ0) is 17.2. The van der Waals surface area contributed by atoms with Gasteiger partial charge in [0.2, 0.25) is 5.91 Å². The van der Waals surface area contributed by atoms with Gasteiger partial charge < -0.3 is 14.4 Å². The van der Waals surface area contributed by atoms with Gasteiger partial charge in [-0.1, -0.05) is 6.07 Å². The molecule has 2 atom stereocenters. The molecular formula is C18H22N4O3. The third-order valence-electron chi connectivity index (χ3n) is 4.96. The van der Waals surface area contributed by atoms with Gasteiger partial charge in [0.1, 0.15) is 25.9 Å². The van der Waals surface area contributed by atoms with E-state index in [-0.39, 0.29) is 17.9 Å². The fourth-order valence-electron chi connectivity index (χ4n) is 3.52. The van der Waals surface area contributed by atoms with Crippen LogP contribution in [0, 0.1) is 0 Å². The van der Waals surface area contributed by atoms with Crippen LogP contribution >= 0.6 is 0 Å². The topological polar surface area (TPSA) is 69.5 Å². The van der Waals surface area contributed by atoms with Crippen LogP contribution in [0.5, 0.6) is 11.5 Å². The Morgan fingerprint density at radius 3 is 2.92 bits per heavy atom. The fraction of sp³-hybridized carbons (Fsp3) is 0.500. The summed E-state index contributed by atoms with van der Waals surface area (Å²) >= 11 is 0. The number of likely N-dealkylation sites (tertiary alicyclic amines) is 1. The van der Waals surface area contributed by atoms with Crippen molar-refractivity contribution in [1.82, 2.24) is 19.7 Å². The Labute approximate surface area is 146 Å². The zero-order valence-electron chi connectivity index (χ0n) is 14.3. The van der Waals surface area contributed by atoms with Crippen molar-refractivity contribution in [3.8, 4) is 11.5 Å². The van der Waals surface area contributed by atoms with Crippen LogP contribution in [0.2, 0.25) is 0 Å². The second-order valence-corrected chi connectivity index (χ2v) is 6.58. The van der Waals surface area contributed by atoms with Crippen LogP contribution < -0.4 is 9.47 Å². The number of rotatable bonds is 3. The van der Waals surface area contributed by atoms with Gasteiger partial charge in [-0.05, 0) is 37.5 Å². The van der Waals surface area contributed by atoms with Crippen molar-refractivity contribution in [2.45, 2.75) is 31.7 Å². The Morgan fingerprint density at radius 2 is 2.12 bits per heavy atom. The second kappa shape index (κ2) is 6.74. The maximum absolute atomic E-state index is 13.0. The first-order valence-corrected chi connectivity index (χ1v) is 8.75. The standard InChI is InChI=1S/C18H22N4O3/c1-13(14-4-5-16-17(9-14)25-8-7-24-16)18(23)21-6-2-3-15(10-21)22-12-19-11-20-22/h4-5,9,11-13,15H,2-3,6-8,10H2,1H3. The first-order valence-electron chi connectivity index (χ1n) is 8.75. The molecule has 0 radical (unpaired) electrons. The number of carbonyl (C=O) groups is 1. The van der Waals surface area contributed by atoms with Gasteiger partial charge in [-0.15, -0.1) is 0 Å². The average molecular weight is 342 g/mol. The van der Waals surface area contributed by atoms with Crippen LogP contribution in [0.15, 0.2) is 30.9 Å². The number of amides is 1. The maximum Gasteiger partial charge on any atom is 0.229 e.